The Morgan fingerprint density at radius 1 is 1.39 bits per heavy atom. The maximum atomic E-state index is 5.44. The summed E-state index contributed by atoms with van der Waals surface area (Å²) < 4.78 is 5.44. The van der Waals surface area contributed by atoms with Gasteiger partial charge in [0.2, 0.25) is 0 Å². The lowest BCUT2D eigenvalue weighted by Crippen LogP contribution is -2.22. The lowest BCUT2D eigenvalue weighted by Gasteiger charge is -2.09. The molecule has 1 aromatic heterocycles. The Balaban J connectivity index is 2.08. The molecule has 4 heteroatoms. The minimum Gasteiger partial charge on any atom is -0.496 e. The number of hydrogen-bond donors (Lipinski definition) is 1. The second-order valence-electron chi connectivity index (χ2n) is 4.52. The van der Waals surface area contributed by atoms with Gasteiger partial charge < -0.3 is 10.1 Å². The van der Waals surface area contributed by atoms with E-state index in [2.05, 4.69) is 24.4 Å². The molecule has 0 spiro atoms. The van der Waals surface area contributed by atoms with Gasteiger partial charge in [-0.05, 0) is 25.5 Å². The lowest BCUT2D eigenvalue weighted by molar-refractivity contribution is 0.416. The van der Waals surface area contributed by atoms with Gasteiger partial charge in [0, 0.05) is 18.0 Å². The molecule has 0 bridgehead atoms. The minimum atomic E-state index is 0.889. The van der Waals surface area contributed by atoms with Crippen LogP contribution in [0, 0.1) is 6.92 Å². The van der Waals surface area contributed by atoms with Crippen LogP contribution in [-0.2, 0) is 13.0 Å². The monoisotopic (exact) mass is 260 g/mol. The van der Waals surface area contributed by atoms with E-state index in [0.717, 1.165) is 35.8 Å². The summed E-state index contributed by atoms with van der Waals surface area (Å²) in [5.74, 6) is 0.902. The van der Waals surface area contributed by atoms with Crippen molar-refractivity contribution in [1.29, 1.82) is 0 Å². The molecule has 0 radical (unpaired) electrons. The van der Waals surface area contributed by atoms with Gasteiger partial charge in [-0.15, -0.1) is 11.3 Å². The van der Waals surface area contributed by atoms with Crippen molar-refractivity contribution in [3.05, 3.63) is 34.3 Å². The predicted molar refractivity (Wildman–Crippen MR) is 74.2 cm³/mol. The molecular weight excluding hydrogens is 244 g/mol. The summed E-state index contributed by atoms with van der Waals surface area (Å²) in [5.41, 5.74) is 3.54. The Kier molecular flexibility index (Phi) is 3.06. The molecule has 2 heterocycles. The van der Waals surface area contributed by atoms with Crippen LogP contribution in [0.4, 0.5) is 0 Å². The van der Waals surface area contributed by atoms with Gasteiger partial charge in [0.25, 0.3) is 0 Å². The molecule has 0 saturated heterocycles. The maximum Gasteiger partial charge on any atom is 0.129 e. The Labute approximate surface area is 111 Å². The zero-order chi connectivity index (χ0) is 12.5. The van der Waals surface area contributed by atoms with Crippen molar-refractivity contribution in [3.63, 3.8) is 0 Å². The SMILES string of the molecule is COc1ccc(C)cc1-c1nc2c(s1)CCNC2. The standard InChI is InChI=1S/C14H16N2OS/c1-9-3-4-12(17-2)10(7-9)14-16-11-8-15-6-5-13(11)18-14/h3-4,7,15H,5-6,8H2,1-2H3. The molecule has 0 atom stereocenters. The number of aryl methyl sites for hydroxylation is 1. The van der Waals surface area contributed by atoms with Crippen molar-refractivity contribution < 1.29 is 4.74 Å². The average molecular weight is 260 g/mol. The molecule has 94 valence electrons. The van der Waals surface area contributed by atoms with Crippen LogP contribution in [0.15, 0.2) is 18.2 Å². The van der Waals surface area contributed by atoms with Gasteiger partial charge in [0.05, 0.1) is 18.4 Å². The first-order valence-electron chi connectivity index (χ1n) is 6.12. The maximum absolute atomic E-state index is 5.44. The fourth-order valence-electron chi connectivity index (χ4n) is 2.23. The average Bonchev–Trinajstić information content (AvgIpc) is 2.82. The molecule has 1 N–H and O–H groups in total. The number of nitrogens with zero attached hydrogens (tertiary/aromatic N) is 1. The van der Waals surface area contributed by atoms with Crippen LogP contribution in [0.25, 0.3) is 10.6 Å². The van der Waals surface area contributed by atoms with E-state index in [4.69, 9.17) is 9.72 Å². The number of aromatic nitrogens is 1. The van der Waals surface area contributed by atoms with E-state index < -0.39 is 0 Å². The third-order valence-corrected chi connectivity index (χ3v) is 4.38. The molecule has 0 unspecified atom stereocenters. The van der Waals surface area contributed by atoms with Gasteiger partial charge in [-0.2, -0.15) is 0 Å². The Morgan fingerprint density at radius 2 is 2.28 bits per heavy atom. The number of hydrogen-bond acceptors (Lipinski definition) is 4. The van der Waals surface area contributed by atoms with E-state index in [1.807, 2.05) is 6.07 Å². The molecule has 0 fully saturated rings. The third kappa shape index (κ3) is 2.02. The molecule has 0 aliphatic carbocycles. The molecular formula is C14H16N2OS. The normalized spacial score (nSPS) is 14.3. The zero-order valence-electron chi connectivity index (χ0n) is 10.6. The summed E-state index contributed by atoms with van der Waals surface area (Å²) in [6.45, 7) is 4.04. The molecule has 1 aliphatic rings. The van der Waals surface area contributed by atoms with E-state index in [-0.39, 0.29) is 0 Å². The Morgan fingerprint density at radius 3 is 3.06 bits per heavy atom. The summed E-state index contributed by atoms with van der Waals surface area (Å²) in [4.78, 5) is 6.16. The van der Waals surface area contributed by atoms with Crippen molar-refractivity contribution >= 4 is 11.3 Å². The first kappa shape index (κ1) is 11.7. The van der Waals surface area contributed by atoms with Crippen LogP contribution in [0.1, 0.15) is 16.1 Å². The van der Waals surface area contributed by atoms with Gasteiger partial charge in [0.15, 0.2) is 0 Å². The number of benzene rings is 1. The van der Waals surface area contributed by atoms with Crippen molar-refractivity contribution in [1.82, 2.24) is 10.3 Å². The number of ether oxygens (including phenoxy) is 1. The molecule has 1 aromatic carbocycles. The largest absolute Gasteiger partial charge is 0.496 e. The number of rotatable bonds is 2. The molecule has 0 saturated carbocycles. The molecule has 18 heavy (non-hydrogen) atoms. The molecule has 0 amide bonds. The van der Waals surface area contributed by atoms with Gasteiger partial charge in [-0.3, -0.25) is 0 Å². The Hall–Kier alpha value is -1.39. The number of methoxy groups -OCH3 is 1. The van der Waals surface area contributed by atoms with E-state index in [0.29, 0.717) is 0 Å². The highest BCUT2D eigenvalue weighted by molar-refractivity contribution is 7.15. The van der Waals surface area contributed by atoms with Crippen LogP contribution in [0.2, 0.25) is 0 Å². The quantitative estimate of drug-likeness (QED) is 0.901. The number of nitrogens with one attached hydrogen (secondary N) is 1. The second kappa shape index (κ2) is 4.71. The lowest BCUT2D eigenvalue weighted by atomic mass is 10.1. The summed E-state index contributed by atoms with van der Waals surface area (Å²) in [6, 6.07) is 6.23. The highest BCUT2D eigenvalue weighted by Gasteiger charge is 2.17. The molecule has 1 aliphatic heterocycles. The first-order chi connectivity index (χ1) is 8.78. The van der Waals surface area contributed by atoms with Crippen LogP contribution in [0.5, 0.6) is 5.75 Å². The fourth-order valence-corrected chi connectivity index (χ4v) is 3.33. The van der Waals surface area contributed by atoms with Crippen molar-refractivity contribution in [3.8, 4) is 16.3 Å². The van der Waals surface area contributed by atoms with Gasteiger partial charge >= 0.3 is 0 Å². The first-order valence-corrected chi connectivity index (χ1v) is 6.94. The highest BCUT2D eigenvalue weighted by Crippen LogP contribution is 2.35. The fraction of sp³-hybridized carbons (Fsp3) is 0.357. The van der Waals surface area contributed by atoms with Crippen LogP contribution in [-0.4, -0.2) is 18.6 Å². The van der Waals surface area contributed by atoms with E-state index in [1.165, 1.54) is 16.1 Å². The van der Waals surface area contributed by atoms with E-state index >= 15 is 0 Å². The van der Waals surface area contributed by atoms with Gasteiger partial charge in [-0.1, -0.05) is 11.6 Å². The third-order valence-electron chi connectivity index (χ3n) is 3.18. The predicted octanol–water partition coefficient (Wildman–Crippen LogP) is 2.77. The minimum absolute atomic E-state index is 0.889. The zero-order valence-corrected chi connectivity index (χ0v) is 11.4. The van der Waals surface area contributed by atoms with Crippen molar-refractivity contribution in [2.45, 2.75) is 19.9 Å². The molecule has 3 rings (SSSR count). The van der Waals surface area contributed by atoms with Gasteiger partial charge in [-0.25, -0.2) is 4.98 Å². The van der Waals surface area contributed by atoms with E-state index in [9.17, 15) is 0 Å². The summed E-state index contributed by atoms with van der Waals surface area (Å²) in [6.07, 6.45) is 1.08. The van der Waals surface area contributed by atoms with Crippen LogP contribution >= 0.6 is 11.3 Å². The molecule has 2 aromatic rings. The summed E-state index contributed by atoms with van der Waals surface area (Å²) in [7, 11) is 1.71. The van der Waals surface area contributed by atoms with E-state index in [1.54, 1.807) is 18.4 Å². The number of fused-ring (bicyclic) bond motifs is 1. The second-order valence-corrected chi connectivity index (χ2v) is 5.60. The van der Waals surface area contributed by atoms with Crippen molar-refractivity contribution in [2.75, 3.05) is 13.7 Å². The van der Waals surface area contributed by atoms with Crippen LogP contribution in [0.3, 0.4) is 0 Å². The van der Waals surface area contributed by atoms with Crippen molar-refractivity contribution in [2.24, 2.45) is 0 Å². The summed E-state index contributed by atoms with van der Waals surface area (Å²) in [5, 5.41) is 4.43. The topological polar surface area (TPSA) is 34.1 Å². The van der Waals surface area contributed by atoms with Crippen LogP contribution < -0.4 is 10.1 Å². The molecule has 3 nitrogen and oxygen atoms in total. The smallest absolute Gasteiger partial charge is 0.129 e. The van der Waals surface area contributed by atoms with Gasteiger partial charge in [0.1, 0.15) is 10.8 Å². The summed E-state index contributed by atoms with van der Waals surface area (Å²) >= 11 is 1.80. The highest BCUT2D eigenvalue weighted by atomic mass is 32.1. The number of thiazole rings is 1. The Bertz CT molecular complexity index is 554.